The lowest BCUT2D eigenvalue weighted by Gasteiger charge is -2.36. The maximum absolute atomic E-state index is 6.18. The predicted molar refractivity (Wildman–Crippen MR) is 92.7 cm³/mol. The van der Waals surface area contributed by atoms with Crippen molar-refractivity contribution in [3.63, 3.8) is 0 Å². The van der Waals surface area contributed by atoms with Crippen LogP contribution < -0.4 is 0 Å². The molecule has 0 bridgehead atoms. The van der Waals surface area contributed by atoms with Crippen molar-refractivity contribution in [2.24, 2.45) is 0 Å². The summed E-state index contributed by atoms with van der Waals surface area (Å²) in [4.78, 5) is 0. The van der Waals surface area contributed by atoms with Crippen LogP contribution in [0.4, 0.5) is 0 Å². The average Bonchev–Trinajstić information content (AvgIpc) is 2.30. The molecule has 0 saturated carbocycles. The molecule has 0 radical (unpaired) electrons. The van der Waals surface area contributed by atoms with E-state index in [0.29, 0.717) is 5.04 Å². The predicted octanol–water partition coefficient (Wildman–Crippen LogP) is 5.73. The third-order valence-electron chi connectivity index (χ3n) is 4.38. The van der Waals surface area contributed by atoms with Gasteiger partial charge < -0.3 is 4.43 Å². The minimum absolute atomic E-state index is 0.295. The van der Waals surface area contributed by atoms with E-state index in [1.807, 2.05) is 0 Å². The molecule has 1 rings (SSSR count). The molecule has 0 spiro atoms. The first-order valence-corrected chi connectivity index (χ1v) is 10.4. The molecule has 0 unspecified atom stereocenters. The fourth-order valence-electron chi connectivity index (χ4n) is 1.89. The van der Waals surface area contributed by atoms with Crippen LogP contribution in [0.2, 0.25) is 18.1 Å². The average molecular weight is 291 g/mol. The minimum atomic E-state index is -1.59. The maximum Gasteiger partial charge on any atom is 0.191 e. The van der Waals surface area contributed by atoms with Gasteiger partial charge in [-0.25, -0.2) is 0 Å². The molecule has 0 heterocycles. The van der Waals surface area contributed by atoms with E-state index in [1.54, 1.807) is 0 Å². The molecular weight excluding hydrogens is 260 g/mol. The Morgan fingerprint density at radius 3 is 2.15 bits per heavy atom. The Balaban J connectivity index is 2.52. The Morgan fingerprint density at radius 1 is 1.10 bits per heavy atom. The summed E-state index contributed by atoms with van der Waals surface area (Å²) in [6.07, 6.45) is 5.46. The van der Waals surface area contributed by atoms with E-state index < -0.39 is 8.32 Å². The molecular formula is C18H30OSi. The van der Waals surface area contributed by atoms with E-state index in [1.165, 1.54) is 16.7 Å². The molecule has 1 aromatic carbocycles. The van der Waals surface area contributed by atoms with Gasteiger partial charge in [0.2, 0.25) is 0 Å². The smallest absolute Gasteiger partial charge is 0.191 e. The third kappa shape index (κ3) is 4.60. The first-order chi connectivity index (χ1) is 9.15. The molecule has 2 heteroatoms. The summed E-state index contributed by atoms with van der Waals surface area (Å²) < 4.78 is 6.18. The molecule has 0 saturated heterocycles. The number of hydrogen-bond acceptors (Lipinski definition) is 1. The van der Waals surface area contributed by atoms with Crippen LogP contribution in [0.15, 0.2) is 24.3 Å². The van der Waals surface area contributed by atoms with E-state index in [9.17, 15) is 0 Å². The highest BCUT2D eigenvalue weighted by atomic mass is 28.4. The Morgan fingerprint density at radius 2 is 1.65 bits per heavy atom. The third-order valence-corrected chi connectivity index (χ3v) is 8.92. The molecule has 1 nitrogen and oxygen atoms in total. The van der Waals surface area contributed by atoms with E-state index >= 15 is 0 Å². The van der Waals surface area contributed by atoms with Gasteiger partial charge in [-0.1, -0.05) is 51.1 Å². The molecule has 0 aliphatic carbocycles. The normalized spacial score (nSPS) is 13.2. The fourth-order valence-corrected chi connectivity index (χ4v) is 2.95. The van der Waals surface area contributed by atoms with E-state index in [-0.39, 0.29) is 0 Å². The number of rotatable bonds is 5. The summed E-state index contributed by atoms with van der Waals surface area (Å²) in [6, 6.07) is 6.44. The van der Waals surface area contributed by atoms with Crippen molar-refractivity contribution >= 4 is 14.4 Å². The molecule has 0 N–H and O–H groups in total. The lowest BCUT2D eigenvalue weighted by molar-refractivity contribution is 0.294. The van der Waals surface area contributed by atoms with Crippen molar-refractivity contribution in [2.75, 3.05) is 6.61 Å². The highest BCUT2D eigenvalue weighted by Crippen LogP contribution is 2.36. The minimum Gasteiger partial charge on any atom is -0.417 e. The summed E-state index contributed by atoms with van der Waals surface area (Å²) in [5.41, 5.74) is 4.03. The lowest BCUT2D eigenvalue weighted by atomic mass is 10.0. The van der Waals surface area contributed by atoms with Crippen LogP contribution in [0.1, 0.15) is 43.9 Å². The zero-order valence-electron chi connectivity index (χ0n) is 14.2. The first-order valence-electron chi connectivity index (χ1n) is 7.52. The second kappa shape index (κ2) is 6.73. The molecule has 0 aliphatic heterocycles. The Labute approximate surface area is 126 Å². The van der Waals surface area contributed by atoms with E-state index in [0.717, 1.165) is 13.0 Å². The monoisotopic (exact) mass is 290 g/mol. The van der Waals surface area contributed by atoms with Gasteiger partial charge in [-0.3, -0.25) is 0 Å². The van der Waals surface area contributed by atoms with Crippen molar-refractivity contribution < 1.29 is 4.43 Å². The molecule has 0 atom stereocenters. The van der Waals surface area contributed by atoms with Gasteiger partial charge >= 0.3 is 0 Å². The SMILES string of the molecule is Cc1cccc(C)c1/C=C/CCO[Si](C)(C)C(C)(C)C. The van der Waals surface area contributed by atoms with Gasteiger partial charge in [0.1, 0.15) is 0 Å². The summed E-state index contributed by atoms with van der Waals surface area (Å²) in [6.45, 7) is 16.6. The van der Waals surface area contributed by atoms with Crippen LogP contribution >= 0.6 is 0 Å². The van der Waals surface area contributed by atoms with Crippen LogP contribution in [0.3, 0.4) is 0 Å². The standard InChI is InChI=1S/C18H30OSi/c1-15-11-10-12-16(2)17(15)13-8-9-14-19-20(6,7)18(3,4)5/h8,10-13H,9,14H2,1-7H3/b13-8+. The van der Waals surface area contributed by atoms with Gasteiger partial charge in [0.25, 0.3) is 0 Å². The molecule has 0 aliphatic rings. The molecule has 0 fully saturated rings. The van der Waals surface area contributed by atoms with Crippen LogP contribution in [0.5, 0.6) is 0 Å². The van der Waals surface area contributed by atoms with Gasteiger partial charge in [-0.2, -0.15) is 0 Å². The summed E-state index contributed by atoms with van der Waals surface area (Å²) in [5.74, 6) is 0. The zero-order valence-corrected chi connectivity index (χ0v) is 15.2. The summed E-state index contributed by atoms with van der Waals surface area (Å²) >= 11 is 0. The molecule has 112 valence electrons. The van der Waals surface area contributed by atoms with E-state index in [2.05, 4.69) is 78.1 Å². The lowest BCUT2D eigenvalue weighted by Crippen LogP contribution is -2.40. The van der Waals surface area contributed by atoms with E-state index in [4.69, 9.17) is 4.43 Å². The molecule has 1 aromatic rings. The van der Waals surface area contributed by atoms with Crippen molar-refractivity contribution in [1.82, 2.24) is 0 Å². The van der Waals surface area contributed by atoms with Crippen molar-refractivity contribution in [1.29, 1.82) is 0 Å². The van der Waals surface area contributed by atoms with Crippen LogP contribution in [0.25, 0.3) is 6.08 Å². The van der Waals surface area contributed by atoms with Crippen LogP contribution in [-0.4, -0.2) is 14.9 Å². The first kappa shape index (κ1) is 17.2. The Bertz CT molecular complexity index is 447. The molecule has 20 heavy (non-hydrogen) atoms. The van der Waals surface area contributed by atoms with Gasteiger partial charge in [0.05, 0.1) is 0 Å². The van der Waals surface area contributed by atoms with Gasteiger partial charge in [-0.15, -0.1) is 0 Å². The topological polar surface area (TPSA) is 9.23 Å². The quantitative estimate of drug-likeness (QED) is 0.497. The second-order valence-electron chi connectivity index (χ2n) is 7.11. The number of benzene rings is 1. The van der Waals surface area contributed by atoms with Crippen LogP contribution in [-0.2, 0) is 4.43 Å². The Kier molecular flexibility index (Phi) is 5.78. The second-order valence-corrected chi connectivity index (χ2v) is 11.9. The summed E-state index contributed by atoms with van der Waals surface area (Å²) in [5, 5.41) is 0.295. The highest BCUT2D eigenvalue weighted by molar-refractivity contribution is 6.74. The van der Waals surface area contributed by atoms with Gasteiger partial charge in [0, 0.05) is 6.61 Å². The van der Waals surface area contributed by atoms with Gasteiger partial charge in [0.15, 0.2) is 8.32 Å². The Hall–Kier alpha value is -0.863. The van der Waals surface area contributed by atoms with Gasteiger partial charge in [-0.05, 0) is 55.1 Å². The summed E-state index contributed by atoms with van der Waals surface area (Å²) in [7, 11) is -1.59. The number of hydrogen-bond donors (Lipinski definition) is 0. The fraction of sp³-hybridized carbons (Fsp3) is 0.556. The van der Waals surface area contributed by atoms with Crippen molar-refractivity contribution in [3.8, 4) is 0 Å². The molecule has 0 amide bonds. The zero-order chi connectivity index (χ0) is 15.4. The molecule has 0 aromatic heterocycles. The van der Waals surface area contributed by atoms with Crippen molar-refractivity contribution in [2.45, 2.75) is 59.2 Å². The van der Waals surface area contributed by atoms with Crippen molar-refractivity contribution in [3.05, 3.63) is 41.0 Å². The largest absolute Gasteiger partial charge is 0.417 e. The highest BCUT2D eigenvalue weighted by Gasteiger charge is 2.36. The number of aryl methyl sites for hydroxylation is 2. The maximum atomic E-state index is 6.18. The van der Waals surface area contributed by atoms with Crippen LogP contribution in [0, 0.1) is 13.8 Å².